The topological polar surface area (TPSA) is 58.3 Å². The van der Waals surface area contributed by atoms with Gasteiger partial charge in [0.1, 0.15) is 13.2 Å². The molecule has 0 aliphatic carbocycles. The molecule has 0 atom stereocenters. The zero-order valence-electron chi connectivity index (χ0n) is 6.86. The number of aliphatic hydroxyl groups is 2. The van der Waals surface area contributed by atoms with Crippen LogP contribution in [0.1, 0.15) is 5.82 Å². The van der Waals surface area contributed by atoms with E-state index in [0.29, 0.717) is 5.82 Å². The summed E-state index contributed by atoms with van der Waals surface area (Å²) in [6, 6.07) is 2.62. The Labute approximate surface area is 75.8 Å². The average molecular weight is 176 g/mol. The first-order valence-corrected chi connectivity index (χ1v) is 3.61. The Kier molecular flexibility index (Phi) is 3.59. The second kappa shape index (κ2) is 5.00. The number of imidazole rings is 1. The Morgan fingerprint density at radius 1 is 1.31 bits per heavy atom. The van der Waals surface area contributed by atoms with Crippen LogP contribution in [0.15, 0.2) is 12.4 Å². The Bertz CT molecular complexity index is 350. The van der Waals surface area contributed by atoms with Crippen molar-refractivity contribution in [1.82, 2.24) is 9.55 Å². The number of aliphatic hydroxyl groups excluding tert-OH is 2. The Hall–Kier alpha value is -1.75. The third-order valence-corrected chi connectivity index (χ3v) is 1.20. The first kappa shape index (κ1) is 9.34. The van der Waals surface area contributed by atoms with Crippen LogP contribution in [-0.4, -0.2) is 33.0 Å². The lowest BCUT2D eigenvalue weighted by atomic mass is 10.5. The van der Waals surface area contributed by atoms with Crippen molar-refractivity contribution in [2.45, 2.75) is 0 Å². The van der Waals surface area contributed by atoms with Gasteiger partial charge in [-0.2, -0.15) is 0 Å². The van der Waals surface area contributed by atoms with Crippen LogP contribution in [0.25, 0.3) is 0 Å². The highest BCUT2D eigenvalue weighted by atomic mass is 16.3. The van der Waals surface area contributed by atoms with Gasteiger partial charge < -0.3 is 10.2 Å². The first-order valence-electron chi connectivity index (χ1n) is 3.61. The summed E-state index contributed by atoms with van der Waals surface area (Å²) in [6.45, 7) is -0.411. The van der Waals surface area contributed by atoms with Crippen molar-refractivity contribution in [2.75, 3.05) is 13.2 Å². The smallest absolute Gasteiger partial charge is 0.197 e. The predicted molar refractivity (Wildman–Crippen MR) is 46.5 cm³/mol. The molecule has 0 radical (unpaired) electrons. The molecule has 13 heavy (non-hydrogen) atoms. The minimum absolute atomic E-state index is 0.203. The molecule has 0 unspecified atom stereocenters. The molecule has 2 N–H and O–H groups in total. The van der Waals surface area contributed by atoms with E-state index >= 15 is 0 Å². The fraction of sp³-hybridized carbons (Fsp3) is 0.222. The van der Waals surface area contributed by atoms with Crippen LogP contribution in [-0.2, 0) is 0 Å². The summed E-state index contributed by atoms with van der Waals surface area (Å²) in [7, 11) is 0. The predicted octanol–water partition coefficient (Wildman–Crippen LogP) is -0.972. The fourth-order valence-corrected chi connectivity index (χ4v) is 0.725. The molecule has 0 spiro atoms. The lowest BCUT2D eigenvalue weighted by Gasteiger charge is -1.88. The molecule has 0 aromatic carbocycles. The molecule has 0 amide bonds. The van der Waals surface area contributed by atoms with E-state index in [-0.39, 0.29) is 13.2 Å². The molecule has 1 aromatic rings. The number of rotatable bonds is 0. The minimum atomic E-state index is -0.208. The summed E-state index contributed by atoms with van der Waals surface area (Å²) in [5.74, 6) is 8.00. The van der Waals surface area contributed by atoms with Gasteiger partial charge >= 0.3 is 0 Å². The third kappa shape index (κ3) is 2.64. The average Bonchev–Trinajstić information content (AvgIpc) is 2.59. The highest BCUT2D eigenvalue weighted by Gasteiger charge is 1.93. The van der Waals surface area contributed by atoms with Gasteiger partial charge in [-0.05, 0) is 5.92 Å². The Balaban J connectivity index is 2.89. The molecule has 1 aromatic heterocycles. The summed E-state index contributed by atoms with van der Waals surface area (Å²) in [4.78, 5) is 3.90. The van der Waals surface area contributed by atoms with Crippen molar-refractivity contribution >= 4 is 0 Å². The molecule has 0 saturated heterocycles. The van der Waals surface area contributed by atoms with Crippen LogP contribution < -0.4 is 0 Å². The minimum Gasteiger partial charge on any atom is -0.384 e. The standard InChI is InChI=1S/C9H8N2O2/c12-7-1-3-9-10-4-6-11(9)5-2-8-13/h4,6,12-13H,7-8H2. The number of hydrogen-bond acceptors (Lipinski definition) is 3. The van der Waals surface area contributed by atoms with Gasteiger partial charge in [0, 0.05) is 18.4 Å². The Morgan fingerprint density at radius 2 is 2.08 bits per heavy atom. The number of aromatic nitrogens is 2. The lowest BCUT2D eigenvalue weighted by molar-refractivity contribution is 0.350. The maximum atomic E-state index is 8.45. The van der Waals surface area contributed by atoms with E-state index in [1.54, 1.807) is 12.4 Å². The maximum absolute atomic E-state index is 8.45. The molecular formula is C9H8N2O2. The van der Waals surface area contributed by atoms with Gasteiger partial charge in [0.2, 0.25) is 0 Å². The van der Waals surface area contributed by atoms with E-state index in [2.05, 4.69) is 28.8 Å². The molecule has 0 aliphatic rings. The molecule has 1 heterocycles. The zero-order chi connectivity index (χ0) is 9.52. The van der Waals surface area contributed by atoms with Gasteiger partial charge in [0.25, 0.3) is 0 Å². The van der Waals surface area contributed by atoms with Crippen LogP contribution in [0.4, 0.5) is 0 Å². The van der Waals surface area contributed by atoms with Crippen LogP contribution in [0.3, 0.4) is 0 Å². The molecule has 4 nitrogen and oxygen atoms in total. The number of nitrogens with zero attached hydrogens (tertiary/aromatic N) is 2. The second-order valence-electron chi connectivity index (χ2n) is 2.03. The van der Waals surface area contributed by atoms with Gasteiger partial charge in [-0.25, -0.2) is 4.98 Å². The van der Waals surface area contributed by atoms with Crippen molar-refractivity contribution in [1.29, 1.82) is 0 Å². The monoisotopic (exact) mass is 176 g/mol. The summed E-state index contributed by atoms with van der Waals surface area (Å²) in [5, 5.41) is 16.9. The highest BCUT2D eigenvalue weighted by Crippen LogP contribution is 1.91. The SMILES string of the molecule is OCC#Cc1nccn1C#CCO. The molecule has 66 valence electrons. The van der Waals surface area contributed by atoms with Gasteiger partial charge in [0.05, 0.1) is 0 Å². The van der Waals surface area contributed by atoms with Crippen molar-refractivity contribution in [3.8, 4) is 23.8 Å². The summed E-state index contributed by atoms with van der Waals surface area (Å²) >= 11 is 0. The van der Waals surface area contributed by atoms with E-state index in [9.17, 15) is 0 Å². The van der Waals surface area contributed by atoms with Crippen molar-refractivity contribution in [2.24, 2.45) is 0 Å². The summed E-state index contributed by atoms with van der Waals surface area (Å²) < 4.78 is 1.48. The van der Waals surface area contributed by atoms with Crippen LogP contribution >= 0.6 is 0 Å². The molecular weight excluding hydrogens is 168 g/mol. The maximum Gasteiger partial charge on any atom is 0.197 e. The van der Waals surface area contributed by atoms with Gasteiger partial charge in [-0.1, -0.05) is 11.8 Å². The quantitative estimate of drug-likeness (QED) is 0.500. The molecule has 0 saturated carbocycles. The van der Waals surface area contributed by atoms with Crippen molar-refractivity contribution < 1.29 is 10.2 Å². The van der Waals surface area contributed by atoms with Crippen molar-refractivity contribution in [3.63, 3.8) is 0 Å². The van der Waals surface area contributed by atoms with E-state index in [1.165, 1.54) is 4.57 Å². The van der Waals surface area contributed by atoms with E-state index in [1.807, 2.05) is 0 Å². The first-order chi connectivity index (χ1) is 6.38. The van der Waals surface area contributed by atoms with E-state index in [0.717, 1.165) is 0 Å². The molecule has 0 fully saturated rings. The zero-order valence-corrected chi connectivity index (χ0v) is 6.86. The summed E-state index contributed by atoms with van der Waals surface area (Å²) in [5.41, 5.74) is 0. The number of hydrogen-bond donors (Lipinski definition) is 2. The lowest BCUT2D eigenvalue weighted by Crippen LogP contribution is -1.92. The largest absolute Gasteiger partial charge is 0.384 e. The highest BCUT2D eigenvalue weighted by molar-refractivity contribution is 5.25. The van der Waals surface area contributed by atoms with Gasteiger partial charge in [-0.3, -0.25) is 4.57 Å². The molecule has 0 bridgehead atoms. The fourth-order valence-electron chi connectivity index (χ4n) is 0.725. The van der Waals surface area contributed by atoms with Gasteiger partial charge in [0.15, 0.2) is 5.82 Å². The van der Waals surface area contributed by atoms with Gasteiger partial charge in [-0.15, -0.1) is 0 Å². The van der Waals surface area contributed by atoms with Crippen molar-refractivity contribution in [3.05, 3.63) is 18.2 Å². The summed E-state index contributed by atoms with van der Waals surface area (Å²) in [6.07, 6.45) is 3.18. The molecule has 4 heteroatoms. The van der Waals surface area contributed by atoms with Crippen LogP contribution in [0.5, 0.6) is 0 Å². The van der Waals surface area contributed by atoms with E-state index < -0.39 is 0 Å². The Morgan fingerprint density at radius 3 is 2.77 bits per heavy atom. The van der Waals surface area contributed by atoms with Crippen LogP contribution in [0.2, 0.25) is 0 Å². The normalized spacial score (nSPS) is 8.15. The molecule has 1 rings (SSSR count). The van der Waals surface area contributed by atoms with E-state index in [4.69, 9.17) is 10.2 Å². The molecule has 0 aliphatic heterocycles. The third-order valence-electron chi connectivity index (χ3n) is 1.20. The second-order valence-corrected chi connectivity index (χ2v) is 2.03. The van der Waals surface area contributed by atoms with Crippen LogP contribution in [0, 0.1) is 23.8 Å².